The second-order valence-electron chi connectivity index (χ2n) is 5.59. The first-order valence-corrected chi connectivity index (χ1v) is 8.39. The predicted molar refractivity (Wildman–Crippen MR) is 94.5 cm³/mol. The molecule has 2 aromatic rings. The average Bonchev–Trinajstić information content (AvgIpc) is 3.02. The first-order chi connectivity index (χ1) is 11.4. The minimum absolute atomic E-state index is 0.327. The number of rotatable bonds is 5. The van der Waals surface area contributed by atoms with Gasteiger partial charge in [0, 0.05) is 17.1 Å². The Morgan fingerprint density at radius 3 is 2.50 bits per heavy atom. The second-order valence-corrected chi connectivity index (χ2v) is 6.50. The maximum atomic E-state index is 12.0. The summed E-state index contributed by atoms with van der Waals surface area (Å²) in [5.74, 6) is 1.24. The van der Waals surface area contributed by atoms with Crippen molar-refractivity contribution in [3.05, 3.63) is 46.6 Å². The number of urea groups is 1. The van der Waals surface area contributed by atoms with Crippen LogP contribution < -0.4 is 15.5 Å². The Kier molecular flexibility index (Phi) is 6.16. The topological polar surface area (TPSA) is 75.8 Å². The Labute approximate surface area is 149 Å². The number of hydrogen-bond acceptors (Lipinski definition) is 3. The van der Waals surface area contributed by atoms with Gasteiger partial charge in [-0.25, -0.2) is 4.79 Å². The van der Waals surface area contributed by atoms with Crippen LogP contribution in [0.5, 0.6) is 0 Å². The lowest BCUT2D eigenvalue weighted by atomic mass is 10.2. The molecule has 1 aromatic heterocycles. The number of halogens is 1. The van der Waals surface area contributed by atoms with Crippen LogP contribution >= 0.6 is 15.9 Å². The maximum absolute atomic E-state index is 12.0. The largest absolute Gasteiger partial charge is 0.455 e. The molecule has 1 heterocycles. The van der Waals surface area contributed by atoms with Crippen molar-refractivity contribution >= 4 is 27.9 Å². The van der Waals surface area contributed by atoms with E-state index in [-0.39, 0.29) is 11.9 Å². The average molecular weight is 395 g/mol. The molecule has 1 unspecified atom stereocenters. The van der Waals surface area contributed by atoms with Gasteiger partial charge in [0.15, 0.2) is 11.8 Å². The normalized spacial score (nSPS) is 13.2. The Bertz CT molecular complexity index is 712. The number of hydrogen-bond donors (Lipinski definition) is 3. The third-order valence-electron chi connectivity index (χ3n) is 3.84. The highest BCUT2D eigenvalue weighted by Crippen LogP contribution is 2.23. The monoisotopic (exact) mass is 394 g/mol. The first kappa shape index (κ1) is 18.2. The standard InChI is InChI=1S/C17H20BrN3O3/c1-11(16(22)20-17(23)19-2)21(3)10-14-8-9-15(24-14)12-4-6-13(18)7-5-12/h4-9,11H,10H2,1-3H3,(H2,19,20,22,23)/p+1/t11-/m0/s1. The van der Waals surface area contributed by atoms with Crippen molar-refractivity contribution in [2.24, 2.45) is 0 Å². The Hall–Kier alpha value is -2.12. The molecule has 2 rings (SSSR count). The van der Waals surface area contributed by atoms with E-state index in [4.69, 9.17) is 4.42 Å². The highest BCUT2D eigenvalue weighted by molar-refractivity contribution is 9.10. The van der Waals surface area contributed by atoms with Crippen LogP contribution in [0.1, 0.15) is 12.7 Å². The molecule has 2 atom stereocenters. The zero-order chi connectivity index (χ0) is 17.7. The van der Waals surface area contributed by atoms with Crippen molar-refractivity contribution in [1.82, 2.24) is 10.6 Å². The molecule has 0 spiro atoms. The van der Waals surface area contributed by atoms with E-state index in [0.29, 0.717) is 6.54 Å². The molecule has 0 saturated heterocycles. The predicted octanol–water partition coefficient (Wildman–Crippen LogP) is 1.57. The maximum Gasteiger partial charge on any atom is 0.321 e. The van der Waals surface area contributed by atoms with Gasteiger partial charge in [0.2, 0.25) is 0 Å². The van der Waals surface area contributed by atoms with Crippen molar-refractivity contribution in [3.8, 4) is 11.3 Å². The number of quaternary nitrogens is 1. The van der Waals surface area contributed by atoms with Crippen LogP contribution in [-0.4, -0.2) is 32.1 Å². The highest BCUT2D eigenvalue weighted by atomic mass is 79.9. The summed E-state index contributed by atoms with van der Waals surface area (Å²) < 4.78 is 6.88. The lowest BCUT2D eigenvalue weighted by Crippen LogP contribution is -3.12. The van der Waals surface area contributed by atoms with Crippen LogP contribution in [0.3, 0.4) is 0 Å². The van der Waals surface area contributed by atoms with Gasteiger partial charge in [0.25, 0.3) is 5.91 Å². The fourth-order valence-corrected chi connectivity index (χ4v) is 2.44. The van der Waals surface area contributed by atoms with Gasteiger partial charge in [-0.1, -0.05) is 28.1 Å². The number of carbonyl (C=O) groups is 2. The van der Waals surface area contributed by atoms with Crippen LogP contribution in [0.25, 0.3) is 11.3 Å². The summed E-state index contributed by atoms with van der Waals surface area (Å²) in [5, 5.41) is 4.65. The highest BCUT2D eigenvalue weighted by Gasteiger charge is 2.24. The minimum atomic E-state index is -0.504. The Balaban J connectivity index is 1.99. The van der Waals surface area contributed by atoms with Crippen molar-refractivity contribution in [2.75, 3.05) is 14.1 Å². The van der Waals surface area contributed by atoms with Gasteiger partial charge in [0.05, 0.1) is 7.05 Å². The fourth-order valence-electron chi connectivity index (χ4n) is 2.18. The number of nitrogens with one attached hydrogen (secondary N) is 3. The van der Waals surface area contributed by atoms with Crippen LogP contribution in [0.2, 0.25) is 0 Å². The molecule has 3 N–H and O–H groups in total. The molecule has 0 radical (unpaired) electrons. The molecule has 6 nitrogen and oxygen atoms in total. The van der Waals surface area contributed by atoms with Crippen molar-refractivity contribution in [1.29, 1.82) is 0 Å². The van der Waals surface area contributed by atoms with Gasteiger partial charge in [-0.2, -0.15) is 0 Å². The summed E-state index contributed by atoms with van der Waals surface area (Å²) in [4.78, 5) is 24.1. The molecule has 128 valence electrons. The second kappa shape index (κ2) is 8.12. The van der Waals surface area contributed by atoms with E-state index in [0.717, 1.165) is 26.5 Å². The third-order valence-corrected chi connectivity index (χ3v) is 4.37. The first-order valence-electron chi connectivity index (χ1n) is 7.60. The van der Waals surface area contributed by atoms with Gasteiger partial charge in [-0.3, -0.25) is 10.1 Å². The van der Waals surface area contributed by atoms with Crippen LogP contribution in [0, 0.1) is 0 Å². The lowest BCUT2D eigenvalue weighted by Gasteiger charge is -2.19. The van der Waals surface area contributed by atoms with Crippen molar-refractivity contribution < 1.29 is 18.9 Å². The molecule has 0 aliphatic carbocycles. The van der Waals surface area contributed by atoms with E-state index in [1.807, 2.05) is 43.4 Å². The van der Waals surface area contributed by atoms with Crippen LogP contribution in [0.4, 0.5) is 4.79 Å². The molecule has 1 aromatic carbocycles. The van der Waals surface area contributed by atoms with Gasteiger partial charge >= 0.3 is 6.03 Å². The van der Waals surface area contributed by atoms with E-state index in [1.54, 1.807) is 6.92 Å². The zero-order valence-corrected chi connectivity index (χ0v) is 15.4. The number of amides is 3. The van der Waals surface area contributed by atoms with E-state index in [1.165, 1.54) is 7.05 Å². The summed E-state index contributed by atoms with van der Waals surface area (Å²) in [5.41, 5.74) is 0.993. The smallest absolute Gasteiger partial charge is 0.321 e. The molecule has 3 amide bonds. The number of imide groups is 1. The number of benzene rings is 1. The van der Waals surface area contributed by atoms with E-state index < -0.39 is 6.03 Å². The molecule has 0 fully saturated rings. The molecule has 24 heavy (non-hydrogen) atoms. The number of likely N-dealkylation sites (N-methyl/N-ethyl adjacent to an activating group) is 1. The van der Waals surface area contributed by atoms with Gasteiger partial charge < -0.3 is 14.6 Å². The Morgan fingerprint density at radius 2 is 1.88 bits per heavy atom. The van der Waals surface area contributed by atoms with Gasteiger partial charge in [-0.15, -0.1) is 0 Å². The quantitative estimate of drug-likeness (QED) is 0.720. The van der Waals surface area contributed by atoms with E-state index >= 15 is 0 Å². The van der Waals surface area contributed by atoms with Crippen LogP contribution in [-0.2, 0) is 11.3 Å². The summed E-state index contributed by atoms with van der Waals surface area (Å²) in [6.07, 6.45) is 0. The molecular formula is C17H21BrN3O3+. The van der Waals surface area contributed by atoms with Crippen molar-refractivity contribution in [3.63, 3.8) is 0 Å². The summed E-state index contributed by atoms with van der Waals surface area (Å²) >= 11 is 3.41. The third kappa shape index (κ3) is 4.69. The summed E-state index contributed by atoms with van der Waals surface area (Å²) in [6, 6.07) is 10.8. The van der Waals surface area contributed by atoms with E-state index in [9.17, 15) is 9.59 Å². The zero-order valence-electron chi connectivity index (χ0n) is 13.9. The van der Waals surface area contributed by atoms with Gasteiger partial charge in [0.1, 0.15) is 12.3 Å². The van der Waals surface area contributed by atoms with E-state index in [2.05, 4.69) is 26.6 Å². The molecular weight excluding hydrogens is 374 g/mol. The van der Waals surface area contributed by atoms with Gasteiger partial charge in [-0.05, 0) is 31.2 Å². The van der Waals surface area contributed by atoms with Crippen molar-refractivity contribution in [2.45, 2.75) is 19.5 Å². The summed E-state index contributed by atoms with van der Waals surface area (Å²) in [7, 11) is 3.35. The lowest BCUT2D eigenvalue weighted by molar-refractivity contribution is -0.909. The molecule has 0 aliphatic heterocycles. The SMILES string of the molecule is CNC(=O)NC(=O)[C@H](C)[NH+](C)Cc1ccc(-c2ccc(Br)cc2)o1. The number of carbonyl (C=O) groups excluding carboxylic acids is 2. The fraction of sp³-hybridized carbons (Fsp3) is 0.294. The molecule has 7 heteroatoms. The van der Waals surface area contributed by atoms with Crippen LogP contribution in [0.15, 0.2) is 45.3 Å². The number of furan rings is 1. The minimum Gasteiger partial charge on any atom is -0.455 e. The Morgan fingerprint density at radius 1 is 1.21 bits per heavy atom. The molecule has 0 saturated carbocycles. The molecule has 0 bridgehead atoms. The molecule has 0 aliphatic rings. The summed E-state index contributed by atoms with van der Waals surface area (Å²) in [6.45, 7) is 2.31.